The lowest BCUT2D eigenvalue weighted by molar-refractivity contribution is 1.21. The van der Waals surface area contributed by atoms with Gasteiger partial charge >= 0.3 is 0 Å². The molecule has 0 spiro atoms. The number of hydrogen-bond donors (Lipinski definition) is 0. The van der Waals surface area contributed by atoms with E-state index in [1.807, 2.05) is 42.5 Å². The van der Waals surface area contributed by atoms with Crippen LogP contribution < -0.4 is 0 Å². The Balaban J connectivity index is 1.99. The van der Waals surface area contributed by atoms with Crippen LogP contribution in [0.5, 0.6) is 0 Å². The Labute approximate surface area is 112 Å². The lowest BCUT2D eigenvalue weighted by Crippen LogP contribution is -1.92. The number of hydrogen-bond acceptors (Lipinski definition) is 3. The molecule has 0 atom stereocenters. The van der Waals surface area contributed by atoms with Crippen LogP contribution in [0.25, 0.3) is 17.1 Å². The van der Waals surface area contributed by atoms with Crippen LogP contribution in [0.1, 0.15) is 12.1 Å². The van der Waals surface area contributed by atoms with Crippen molar-refractivity contribution in [2.75, 3.05) is 0 Å². The Hall–Kier alpha value is -2.55. The van der Waals surface area contributed by atoms with Crippen LogP contribution in [0.2, 0.25) is 0 Å². The zero-order valence-electron chi connectivity index (χ0n) is 10.4. The Morgan fingerprint density at radius 1 is 0.895 bits per heavy atom. The standard InChI is InChI=1S/C16H13N3/c1-2-7-13(17-11-4-1)15-9-6-10-16(19-15)14-8-3-5-12-18-14/h1,3-12H,2H2. The Morgan fingerprint density at radius 2 is 1.79 bits per heavy atom. The molecule has 0 aromatic carbocycles. The summed E-state index contributed by atoms with van der Waals surface area (Å²) in [5.74, 6) is 0. The summed E-state index contributed by atoms with van der Waals surface area (Å²) in [6.45, 7) is 0. The molecular formula is C16H13N3. The fraction of sp³-hybridized carbons (Fsp3) is 0.0625. The second-order valence-corrected chi connectivity index (χ2v) is 4.15. The number of rotatable bonds is 2. The van der Waals surface area contributed by atoms with Crippen molar-refractivity contribution < 1.29 is 0 Å². The van der Waals surface area contributed by atoms with Crippen LogP contribution in [0, 0.1) is 0 Å². The van der Waals surface area contributed by atoms with E-state index in [4.69, 9.17) is 0 Å². The molecule has 0 amide bonds. The van der Waals surface area contributed by atoms with Crippen molar-refractivity contribution in [2.45, 2.75) is 6.42 Å². The Kier molecular flexibility index (Phi) is 3.28. The minimum Gasteiger partial charge on any atom is -0.255 e. The second kappa shape index (κ2) is 5.40. The molecule has 2 aromatic rings. The molecule has 1 aliphatic rings. The quantitative estimate of drug-likeness (QED) is 0.814. The van der Waals surface area contributed by atoms with Crippen molar-refractivity contribution in [3.05, 3.63) is 66.5 Å². The highest BCUT2D eigenvalue weighted by Crippen LogP contribution is 2.20. The van der Waals surface area contributed by atoms with Gasteiger partial charge < -0.3 is 0 Å². The minimum atomic E-state index is 0.867. The molecule has 0 bridgehead atoms. The molecule has 3 nitrogen and oxygen atoms in total. The normalized spacial score (nSPS) is 14.0. The molecule has 2 aromatic heterocycles. The molecule has 19 heavy (non-hydrogen) atoms. The van der Waals surface area contributed by atoms with Crippen LogP contribution >= 0.6 is 0 Å². The number of allylic oxidation sites excluding steroid dienone is 3. The van der Waals surface area contributed by atoms with Gasteiger partial charge in [0, 0.05) is 12.4 Å². The Morgan fingerprint density at radius 3 is 2.68 bits per heavy atom. The van der Waals surface area contributed by atoms with E-state index in [9.17, 15) is 0 Å². The fourth-order valence-electron chi connectivity index (χ4n) is 1.90. The number of aliphatic imine (C=N–C) groups is 1. The van der Waals surface area contributed by atoms with E-state index in [1.165, 1.54) is 0 Å². The lowest BCUT2D eigenvalue weighted by atomic mass is 10.2. The first-order valence-electron chi connectivity index (χ1n) is 6.22. The molecule has 0 unspecified atom stereocenters. The molecule has 0 N–H and O–H groups in total. The van der Waals surface area contributed by atoms with Crippen LogP contribution in [-0.2, 0) is 0 Å². The maximum atomic E-state index is 4.64. The predicted molar refractivity (Wildman–Crippen MR) is 77.7 cm³/mol. The third-order valence-electron chi connectivity index (χ3n) is 2.82. The molecule has 92 valence electrons. The van der Waals surface area contributed by atoms with E-state index in [-0.39, 0.29) is 0 Å². The van der Waals surface area contributed by atoms with Gasteiger partial charge in [-0.1, -0.05) is 24.3 Å². The van der Waals surface area contributed by atoms with Gasteiger partial charge in [-0.2, -0.15) is 0 Å². The van der Waals surface area contributed by atoms with Gasteiger partial charge in [0.25, 0.3) is 0 Å². The number of nitrogens with zero attached hydrogens (tertiary/aromatic N) is 3. The maximum absolute atomic E-state index is 4.64. The number of aromatic nitrogens is 2. The molecule has 0 saturated carbocycles. The molecule has 3 heteroatoms. The van der Waals surface area contributed by atoms with Crippen LogP contribution in [0.15, 0.2) is 65.8 Å². The summed E-state index contributed by atoms with van der Waals surface area (Å²) in [6, 6.07) is 11.7. The maximum Gasteiger partial charge on any atom is 0.0894 e. The largest absolute Gasteiger partial charge is 0.255 e. The second-order valence-electron chi connectivity index (χ2n) is 4.15. The monoisotopic (exact) mass is 247 g/mol. The van der Waals surface area contributed by atoms with Crippen molar-refractivity contribution in [1.29, 1.82) is 0 Å². The molecule has 0 fully saturated rings. The molecule has 0 radical (unpaired) electrons. The molecular weight excluding hydrogens is 234 g/mol. The fourth-order valence-corrected chi connectivity index (χ4v) is 1.90. The predicted octanol–water partition coefficient (Wildman–Crippen LogP) is 3.52. The van der Waals surface area contributed by atoms with Gasteiger partial charge in [0.2, 0.25) is 0 Å². The zero-order chi connectivity index (χ0) is 12.9. The summed E-state index contributed by atoms with van der Waals surface area (Å²) in [4.78, 5) is 13.4. The van der Waals surface area contributed by atoms with Gasteiger partial charge in [-0.15, -0.1) is 0 Å². The van der Waals surface area contributed by atoms with Crippen molar-refractivity contribution in [2.24, 2.45) is 4.99 Å². The SMILES string of the molecule is C1=CCC=C(c2cccc(-c3ccccn3)n2)N=C1. The minimum absolute atomic E-state index is 0.867. The highest BCUT2D eigenvalue weighted by Gasteiger charge is 2.05. The van der Waals surface area contributed by atoms with E-state index in [0.717, 1.165) is 29.2 Å². The van der Waals surface area contributed by atoms with Crippen LogP contribution in [0.3, 0.4) is 0 Å². The first kappa shape index (κ1) is 11.5. The molecule has 0 aliphatic carbocycles. The van der Waals surface area contributed by atoms with Crippen LogP contribution in [0.4, 0.5) is 0 Å². The van der Waals surface area contributed by atoms with E-state index >= 15 is 0 Å². The summed E-state index contributed by atoms with van der Waals surface area (Å²) in [5, 5.41) is 0. The van der Waals surface area contributed by atoms with E-state index in [1.54, 1.807) is 12.4 Å². The molecule has 1 aliphatic heterocycles. The highest BCUT2D eigenvalue weighted by molar-refractivity contribution is 5.80. The van der Waals surface area contributed by atoms with E-state index in [2.05, 4.69) is 27.1 Å². The van der Waals surface area contributed by atoms with Gasteiger partial charge in [-0.05, 0) is 36.8 Å². The topological polar surface area (TPSA) is 38.1 Å². The summed E-state index contributed by atoms with van der Waals surface area (Å²) in [7, 11) is 0. The van der Waals surface area contributed by atoms with Gasteiger partial charge in [0.1, 0.15) is 0 Å². The van der Waals surface area contributed by atoms with E-state index < -0.39 is 0 Å². The summed E-state index contributed by atoms with van der Waals surface area (Å²) in [5.41, 5.74) is 3.53. The first-order valence-corrected chi connectivity index (χ1v) is 6.22. The van der Waals surface area contributed by atoms with Crippen molar-refractivity contribution in [3.63, 3.8) is 0 Å². The summed E-state index contributed by atoms with van der Waals surface area (Å²) in [6.07, 6.45) is 10.5. The summed E-state index contributed by atoms with van der Waals surface area (Å²) >= 11 is 0. The van der Waals surface area contributed by atoms with Gasteiger partial charge in [0.15, 0.2) is 0 Å². The van der Waals surface area contributed by atoms with Gasteiger partial charge in [-0.25, -0.2) is 4.98 Å². The van der Waals surface area contributed by atoms with Crippen LogP contribution in [-0.4, -0.2) is 16.2 Å². The molecule has 3 heterocycles. The number of pyridine rings is 2. The summed E-state index contributed by atoms with van der Waals surface area (Å²) < 4.78 is 0. The van der Waals surface area contributed by atoms with Gasteiger partial charge in [0.05, 0.1) is 22.8 Å². The third kappa shape index (κ3) is 2.65. The van der Waals surface area contributed by atoms with Crippen molar-refractivity contribution >= 4 is 11.9 Å². The van der Waals surface area contributed by atoms with Gasteiger partial charge in [-0.3, -0.25) is 9.98 Å². The molecule has 0 saturated heterocycles. The highest BCUT2D eigenvalue weighted by atomic mass is 14.8. The van der Waals surface area contributed by atoms with Crippen molar-refractivity contribution in [1.82, 2.24) is 9.97 Å². The average molecular weight is 247 g/mol. The smallest absolute Gasteiger partial charge is 0.0894 e. The van der Waals surface area contributed by atoms with Crippen molar-refractivity contribution in [3.8, 4) is 11.4 Å². The average Bonchev–Trinajstić information content (AvgIpc) is 2.77. The Bertz CT molecular complexity index is 655. The molecule has 3 rings (SSSR count). The van der Waals surface area contributed by atoms with E-state index in [0.29, 0.717) is 0 Å². The first-order chi connectivity index (χ1) is 9.43. The lowest BCUT2D eigenvalue weighted by Gasteiger charge is -2.04. The zero-order valence-corrected chi connectivity index (χ0v) is 10.4. The third-order valence-corrected chi connectivity index (χ3v) is 2.82.